The van der Waals surface area contributed by atoms with E-state index in [9.17, 15) is 0 Å². The molecule has 0 spiro atoms. The molecule has 138 valence electrons. The normalized spacial score (nSPS) is 10.4. The molecule has 27 heavy (non-hydrogen) atoms. The molecule has 0 radical (unpaired) electrons. The molecule has 0 bridgehead atoms. The van der Waals surface area contributed by atoms with Crippen molar-refractivity contribution in [3.05, 3.63) is 78.0 Å². The molecule has 0 N–H and O–H groups in total. The topological polar surface area (TPSA) is 25.8 Å². The summed E-state index contributed by atoms with van der Waals surface area (Å²) in [4.78, 5) is 8.61. The molecule has 2 heterocycles. The Bertz CT molecular complexity index is 1040. The number of aromatic nitrogens is 2. The van der Waals surface area contributed by atoms with E-state index in [0.29, 0.717) is 0 Å². The quantitative estimate of drug-likeness (QED) is 0.235. The standard InChI is InChI=1S/C10H7Br2NS.C10H8BrNS/c1-6-4-7(11)2-3-8(6)10-13-5-9(12)14-10;1-7-6-8(11)2-3-9(7)10-12-4-5-13-10/h2-5H,1H3;2-6H,1H3. The third kappa shape index (κ3) is 5.57. The van der Waals surface area contributed by atoms with Crippen molar-refractivity contribution in [2.75, 3.05) is 0 Å². The molecule has 4 rings (SSSR count). The van der Waals surface area contributed by atoms with Gasteiger partial charge in [-0.25, -0.2) is 9.97 Å². The molecule has 0 aliphatic heterocycles. The zero-order valence-corrected chi connectivity index (χ0v) is 20.9. The Morgan fingerprint density at radius 1 is 0.778 bits per heavy atom. The van der Waals surface area contributed by atoms with Crippen molar-refractivity contribution < 1.29 is 0 Å². The van der Waals surface area contributed by atoms with Gasteiger partial charge in [0.25, 0.3) is 0 Å². The molecule has 7 heteroatoms. The van der Waals surface area contributed by atoms with Crippen LogP contribution in [0.25, 0.3) is 21.1 Å². The summed E-state index contributed by atoms with van der Waals surface area (Å²) in [6.45, 7) is 4.19. The van der Waals surface area contributed by atoms with Crippen LogP contribution in [0.15, 0.2) is 66.9 Å². The van der Waals surface area contributed by atoms with E-state index in [0.717, 1.165) is 22.7 Å². The van der Waals surface area contributed by atoms with E-state index in [-0.39, 0.29) is 0 Å². The first-order valence-electron chi connectivity index (χ1n) is 7.98. The molecule has 0 saturated carbocycles. The lowest BCUT2D eigenvalue weighted by atomic mass is 10.1. The molecule has 2 aromatic heterocycles. The van der Waals surface area contributed by atoms with Crippen molar-refractivity contribution in [3.63, 3.8) is 0 Å². The van der Waals surface area contributed by atoms with E-state index in [1.807, 2.05) is 29.9 Å². The van der Waals surface area contributed by atoms with Gasteiger partial charge in [0.15, 0.2) is 0 Å². The van der Waals surface area contributed by atoms with Crippen molar-refractivity contribution in [2.24, 2.45) is 0 Å². The van der Waals surface area contributed by atoms with Crippen LogP contribution in [0.2, 0.25) is 0 Å². The van der Waals surface area contributed by atoms with Gasteiger partial charge in [-0.05, 0) is 65.2 Å². The second-order valence-electron chi connectivity index (χ2n) is 5.73. The predicted molar refractivity (Wildman–Crippen MR) is 128 cm³/mol. The van der Waals surface area contributed by atoms with E-state index in [1.54, 1.807) is 22.7 Å². The van der Waals surface area contributed by atoms with E-state index < -0.39 is 0 Å². The zero-order valence-electron chi connectivity index (χ0n) is 14.5. The fourth-order valence-electron chi connectivity index (χ4n) is 2.47. The summed E-state index contributed by atoms with van der Waals surface area (Å²) in [5.74, 6) is 0. The molecular formula is C20H15Br3N2S2. The monoisotopic (exact) mass is 584 g/mol. The number of aryl methyl sites for hydroxylation is 2. The first-order valence-corrected chi connectivity index (χ1v) is 12.1. The summed E-state index contributed by atoms with van der Waals surface area (Å²) in [5.41, 5.74) is 4.91. The highest BCUT2D eigenvalue weighted by molar-refractivity contribution is 9.11. The van der Waals surface area contributed by atoms with E-state index >= 15 is 0 Å². The van der Waals surface area contributed by atoms with Gasteiger partial charge in [0.05, 0.1) is 9.98 Å². The number of halogens is 3. The van der Waals surface area contributed by atoms with Gasteiger partial charge in [-0.1, -0.05) is 44.0 Å². The minimum atomic E-state index is 1.06. The third-order valence-corrected chi connectivity index (χ3v) is 7.05. The van der Waals surface area contributed by atoms with E-state index in [4.69, 9.17) is 0 Å². The van der Waals surface area contributed by atoms with Gasteiger partial charge in [0.1, 0.15) is 10.0 Å². The number of thiazole rings is 2. The maximum atomic E-state index is 4.33. The van der Waals surface area contributed by atoms with Crippen molar-refractivity contribution >= 4 is 70.5 Å². The zero-order chi connectivity index (χ0) is 19.4. The van der Waals surface area contributed by atoms with E-state index in [2.05, 4.69) is 95.9 Å². The minimum absolute atomic E-state index is 1.06. The molecule has 0 aliphatic carbocycles. The summed E-state index contributed by atoms with van der Waals surface area (Å²) in [5, 5.41) is 4.14. The van der Waals surface area contributed by atoms with Crippen LogP contribution in [0.1, 0.15) is 11.1 Å². The highest BCUT2D eigenvalue weighted by Crippen LogP contribution is 2.31. The van der Waals surface area contributed by atoms with Crippen LogP contribution in [0, 0.1) is 13.8 Å². The van der Waals surface area contributed by atoms with Gasteiger partial charge in [0.2, 0.25) is 0 Å². The average molecular weight is 587 g/mol. The van der Waals surface area contributed by atoms with Crippen molar-refractivity contribution in [1.82, 2.24) is 9.97 Å². The van der Waals surface area contributed by atoms with Crippen LogP contribution in [0.3, 0.4) is 0 Å². The Labute approximate surface area is 192 Å². The van der Waals surface area contributed by atoms with Crippen molar-refractivity contribution in [3.8, 4) is 21.1 Å². The van der Waals surface area contributed by atoms with Gasteiger partial charge in [-0.2, -0.15) is 0 Å². The predicted octanol–water partition coefficient (Wildman–Crippen LogP) is 8.52. The average Bonchev–Trinajstić information content (AvgIpc) is 3.27. The fraction of sp³-hybridized carbons (Fsp3) is 0.100. The Balaban J connectivity index is 0.000000156. The van der Waals surface area contributed by atoms with Crippen LogP contribution < -0.4 is 0 Å². The summed E-state index contributed by atoms with van der Waals surface area (Å²) < 4.78 is 3.29. The van der Waals surface area contributed by atoms with Crippen LogP contribution in [0.5, 0.6) is 0 Å². The highest BCUT2D eigenvalue weighted by Gasteiger charge is 2.06. The van der Waals surface area contributed by atoms with Gasteiger partial charge in [-0.3, -0.25) is 0 Å². The molecule has 0 saturated heterocycles. The van der Waals surface area contributed by atoms with Crippen LogP contribution in [-0.2, 0) is 0 Å². The number of benzene rings is 2. The first kappa shape index (κ1) is 20.9. The van der Waals surface area contributed by atoms with Crippen molar-refractivity contribution in [1.29, 1.82) is 0 Å². The largest absolute Gasteiger partial charge is 0.245 e. The molecule has 2 aromatic carbocycles. The van der Waals surface area contributed by atoms with Crippen LogP contribution >= 0.6 is 70.5 Å². The molecular weight excluding hydrogens is 572 g/mol. The Hall–Kier alpha value is -0.860. The third-order valence-electron chi connectivity index (χ3n) is 3.75. The van der Waals surface area contributed by atoms with Crippen LogP contribution in [-0.4, -0.2) is 9.97 Å². The molecule has 0 unspecified atom stereocenters. The van der Waals surface area contributed by atoms with Crippen LogP contribution in [0.4, 0.5) is 0 Å². The SMILES string of the molecule is Cc1cc(Br)ccc1-c1ncc(Br)s1.Cc1cc(Br)ccc1-c1nccs1. The number of hydrogen-bond acceptors (Lipinski definition) is 4. The second-order valence-corrected chi connectivity index (χ2v) is 10.9. The minimum Gasteiger partial charge on any atom is -0.245 e. The number of nitrogens with zero attached hydrogens (tertiary/aromatic N) is 2. The smallest absolute Gasteiger partial charge is 0.124 e. The summed E-state index contributed by atoms with van der Waals surface area (Å²) >= 11 is 13.6. The van der Waals surface area contributed by atoms with Crippen molar-refractivity contribution in [2.45, 2.75) is 13.8 Å². The Morgan fingerprint density at radius 2 is 1.37 bits per heavy atom. The fourth-order valence-corrected chi connectivity index (χ4v) is 5.45. The molecule has 0 aliphatic rings. The molecule has 2 nitrogen and oxygen atoms in total. The molecule has 0 fully saturated rings. The highest BCUT2D eigenvalue weighted by atomic mass is 79.9. The molecule has 4 aromatic rings. The number of hydrogen-bond donors (Lipinski definition) is 0. The van der Waals surface area contributed by atoms with Gasteiger partial charge in [0, 0.05) is 31.6 Å². The lowest BCUT2D eigenvalue weighted by molar-refractivity contribution is 1.37. The van der Waals surface area contributed by atoms with E-state index in [1.165, 1.54) is 22.3 Å². The Morgan fingerprint density at radius 3 is 1.81 bits per heavy atom. The summed E-state index contributed by atoms with van der Waals surface area (Å²) in [6.07, 6.45) is 3.67. The lowest BCUT2D eigenvalue weighted by Gasteiger charge is -2.01. The molecule has 0 amide bonds. The van der Waals surface area contributed by atoms with Gasteiger partial charge in [-0.15, -0.1) is 22.7 Å². The number of rotatable bonds is 2. The maximum Gasteiger partial charge on any atom is 0.124 e. The Kier molecular flexibility index (Phi) is 7.39. The lowest BCUT2D eigenvalue weighted by Crippen LogP contribution is -1.81. The second kappa shape index (κ2) is 9.56. The summed E-state index contributed by atoms with van der Waals surface area (Å²) in [7, 11) is 0. The maximum absolute atomic E-state index is 4.33. The van der Waals surface area contributed by atoms with Gasteiger partial charge >= 0.3 is 0 Å². The molecule has 0 atom stereocenters. The first-order chi connectivity index (χ1) is 12.9. The van der Waals surface area contributed by atoms with Gasteiger partial charge < -0.3 is 0 Å². The summed E-state index contributed by atoms with van der Waals surface area (Å²) in [6, 6.07) is 12.5.